The van der Waals surface area contributed by atoms with E-state index >= 15 is 0 Å². The molecule has 0 aliphatic rings. The molecule has 0 aromatic heterocycles. The van der Waals surface area contributed by atoms with Crippen LogP contribution in [0.1, 0.15) is 29.2 Å². The fourth-order valence-corrected chi connectivity index (χ4v) is 2.72. The SMILES string of the molecule is Cc1ccccc1CN(C)CCC(N)c1ccccc1Cl. The van der Waals surface area contributed by atoms with Crippen molar-refractivity contribution in [3.05, 3.63) is 70.2 Å². The Labute approximate surface area is 132 Å². The molecular weight excluding hydrogens is 280 g/mol. The van der Waals surface area contributed by atoms with E-state index in [2.05, 4.69) is 43.1 Å². The van der Waals surface area contributed by atoms with Crippen molar-refractivity contribution < 1.29 is 0 Å². The van der Waals surface area contributed by atoms with Gasteiger partial charge in [0.1, 0.15) is 0 Å². The molecule has 2 nitrogen and oxygen atoms in total. The molecule has 2 rings (SSSR count). The Morgan fingerprint density at radius 2 is 1.76 bits per heavy atom. The highest BCUT2D eigenvalue weighted by molar-refractivity contribution is 6.31. The third-order valence-electron chi connectivity index (χ3n) is 3.83. The second-order valence-electron chi connectivity index (χ2n) is 5.58. The van der Waals surface area contributed by atoms with E-state index in [4.69, 9.17) is 17.3 Å². The van der Waals surface area contributed by atoms with Crippen LogP contribution in [-0.4, -0.2) is 18.5 Å². The van der Waals surface area contributed by atoms with Gasteiger partial charge in [0.25, 0.3) is 0 Å². The maximum Gasteiger partial charge on any atom is 0.0453 e. The summed E-state index contributed by atoms with van der Waals surface area (Å²) in [4.78, 5) is 2.30. The topological polar surface area (TPSA) is 29.3 Å². The second-order valence-corrected chi connectivity index (χ2v) is 5.99. The van der Waals surface area contributed by atoms with Gasteiger partial charge in [-0.05, 0) is 49.7 Å². The number of halogens is 1. The molecule has 0 radical (unpaired) electrons. The highest BCUT2D eigenvalue weighted by atomic mass is 35.5. The van der Waals surface area contributed by atoms with E-state index in [-0.39, 0.29) is 6.04 Å². The standard InChI is InChI=1S/C18H23ClN2/c1-14-7-3-4-8-15(14)13-21(2)12-11-18(20)16-9-5-6-10-17(16)19/h3-10,18H,11-13,20H2,1-2H3. The normalized spacial score (nSPS) is 12.6. The molecule has 2 aromatic rings. The maximum absolute atomic E-state index is 6.26. The Bertz CT molecular complexity index is 583. The maximum atomic E-state index is 6.26. The predicted octanol–water partition coefficient (Wildman–Crippen LogP) is 4.17. The lowest BCUT2D eigenvalue weighted by atomic mass is 10.0. The first kappa shape index (κ1) is 16.0. The quantitative estimate of drug-likeness (QED) is 0.868. The highest BCUT2D eigenvalue weighted by Crippen LogP contribution is 2.23. The summed E-state index contributed by atoms with van der Waals surface area (Å²) in [7, 11) is 2.13. The summed E-state index contributed by atoms with van der Waals surface area (Å²) in [5.74, 6) is 0. The summed E-state index contributed by atoms with van der Waals surface area (Å²) < 4.78 is 0. The molecule has 3 heteroatoms. The molecule has 0 saturated heterocycles. The molecule has 0 amide bonds. The molecule has 2 N–H and O–H groups in total. The zero-order valence-corrected chi connectivity index (χ0v) is 13.5. The number of aryl methyl sites for hydroxylation is 1. The summed E-state index contributed by atoms with van der Waals surface area (Å²) in [6.45, 7) is 4.04. The van der Waals surface area contributed by atoms with Crippen LogP contribution in [0.3, 0.4) is 0 Å². The lowest BCUT2D eigenvalue weighted by Crippen LogP contribution is -2.24. The van der Waals surface area contributed by atoms with E-state index in [1.54, 1.807) is 0 Å². The monoisotopic (exact) mass is 302 g/mol. The minimum absolute atomic E-state index is 0.0157. The van der Waals surface area contributed by atoms with E-state index in [9.17, 15) is 0 Å². The molecule has 0 saturated carbocycles. The molecule has 21 heavy (non-hydrogen) atoms. The zero-order valence-electron chi connectivity index (χ0n) is 12.7. The Morgan fingerprint density at radius 3 is 2.48 bits per heavy atom. The average molecular weight is 303 g/mol. The van der Waals surface area contributed by atoms with Crippen LogP contribution in [-0.2, 0) is 6.54 Å². The number of rotatable bonds is 6. The minimum atomic E-state index is -0.0157. The van der Waals surface area contributed by atoms with E-state index in [0.29, 0.717) is 0 Å². The summed E-state index contributed by atoms with van der Waals surface area (Å²) in [5.41, 5.74) is 9.99. The van der Waals surface area contributed by atoms with Gasteiger partial charge < -0.3 is 10.6 Å². The largest absolute Gasteiger partial charge is 0.324 e. The summed E-state index contributed by atoms with van der Waals surface area (Å²) in [5, 5.41) is 0.756. The molecule has 0 heterocycles. The van der Waals surface area contributed by atoms with Gasteiger partial charge in [0.05, 0.1) is 0 Å². The second kappa shape index (κ2) is 7.60. The lowest BCUT2D eigenvalue weighted by molar-refractivity contribution is 0.311. The van der Waals surface area contributed by atoms with Crippen LogP contribution in [0.5, 0.6) is 0 Å². The van der Waals surface area contributed by atoms with E-state index < -0.39 is 0 Å². The van der Waals surface area contributed by atoms with Crippen LogP contribution >= 0.6 is 11.6 Å². The number of benzene rings is 2. The van der Waals surface area contributed by atoms with Gasteiger partial charge in [-0.2, -0.15) is 0 Å². The predicted molar refractivity (Wildman–Crippen MR) is 90.5 cm³/mol. The molecule has 1 unspecified atom stereocenters. The van der Waals surface area contributed by atoms with Crippen molar-refractivity contribution in [2.75, 3.05) is 13.6 Å². The average Bonchev–Trinajstić information content (AvgIpc) is 2.48. The first-order chi connectivity index (χ1) is 10.1. The third-order valence-corrected chi connectivity index (χ3v) is 4.17. The van der Waals surface area contributed by atoms with Crippen molar-refractivity contribution >= 4 is 11.6 Å². The molecule has 2 aromatic carbocycles. The van der Waals surface area contributed by atoms with Crippen molar-refractivity contribution in [1.29, 1.82) is 0 Å². The highest BCUT2D eigenvalue weighted by Gasteiger charge is 2.11. The number of hydrogen-bond acceptors (Lipinski definition) is 2. The fraction of sp³-hybridized carbons (Fsp3) is 0.333. The summed E-state index contributed by atoms with van der Waals surface area (Å²) in [6, 6.07) is 16.3. The summed E-state index contributed by atoms with van der Waals surface area (Å²) in [6.07, 6.45) is 0.895. The van der Waals surface area contributed by atoms with E-state index in [1.165, 1.54) is 11.1 Å². The van der Waals surface area contributed by atoms with Gasteiger partial charge >= 0.3 is 0 Å². The number of hydrogen-bond donors (Lipinski definition) is 1. The molecular formula is C18H23ClN2. The van der Waals surface area contributed by atoms with Gasteiger partial charge in [0, 0.05) is 17.6 Å². The smallest absolute Gasteiger partial charge is 0.0453 e. The van der Waals surface area contributed by atoms with Gasteiger partial charge in [0.2, 0.25) is 0 Å². The van der Waals surface area contributed by atoms with Gasteiger partial charge in [-0.25, -0.2) is 0 Å². The Hall–Kier alpha value is -1.35. The van der Waals surface area contributed by atoms with Crippen LogP contribution in [0.15, 0.2) is 48.5 Å². The Morgan fingerprint density at radius 1 is 1.10 bits per heavy atom. The van der Waals surface area contributed by atoms with E-state index in [1.807, 2.05) is 24.3 Å². The Kier molecular flexibility index (Phi) is 5.80. The van der Waals surface area contributed by atoms with Crippen LogP contribution in [0.2, 0.25) is 5.02 Å². The van der Waals surface area contributed by atoms with Crippen molar-refractivity contribution in [2.45, 2.75) is 25.9 Å². The van der Waals surface area contributed by atoms with Crippen molar-refractivity contribution in [1.82, 2.24) is 4.90 Å². The lowest BCUT2D eigenvalue weighted by Gasteiger charge is -2.21. The molecule has 0 bridgehead atoms. The third kappa shape index (κ3) is 4.57. The van der Waals surface area contributed by atoms with Gasteiger partial charge in [-0.15, -0.1) is 0 Å². The molecule has 0 spiro atoms. The van der Waals surface area contributed by atoms with Crippen LogP contribution in [0, 0.1) is 6.92 Å². The van der Waals surface area contributed by atoms with Gasteiger partial charge in [-0.1, -0.05) is 54.1 Å². The van der Waals surface area contributed by atoms with Gasteiger partial charge in [0.15, 0.2) is 0 Å². The van der Waals surface area contributed by atoms with Crippen LogP contribution < -0.4 is 5.73 Å². The molecule has 112 valence electrons. The van der Waals surface area contributed by atoms with Crippen LogP contribution in [0.4, 0.5) is 0 Å². The van der Waals surface area contributed by atoms with Crippen molar-refractivity contribution in [3.63, 3.8) is 0 Å². The minimum Gasteiger partial charge on any atom is -0.324 e. The molecule has 0 aliphatic heterocycles. The van der Waals surface area contributed by atoms with Crippen molar-refractivity contribution in [2.24, 2.45) is 5.73 Å². The number of nitrogens with two attached hydrogens (primary N) is 1. The molecule has 0 fully saturated rings. The van der Waals surface area contributed by atoms with Crippen LogP contribution in [0.25, 0.3) is 0 Å². The zero-order chi connectivity index (χ0) is 15.2. The Balaban J connectivity index is 1.88. The first-order valence-corrected chi connectivity index (χ1v) is 7.69. The van der Waals surface area contributed by atoms with Crippen molar-refractivity contribution in [3.8, 4) is 0 Å². The molecule has 1 atom stereocenters. The fourth-order valence-electron chi connectivity index (χ4n) is 2.45. The first-order valence-electron chi connectivity index (χ1n) is 7.31. The van der Waals surface area contributed by atoms with Gasteiger partial charge in [-0.3, -0.25) is 0 Å². The molecule has 0 aliphatic carbocycles. The van der Waals surface area contributed by atoms with E-state index in [0.717, 1.165) is 30.1 Å². The number of nitrogens with zero attached hydrogens (tertiary/aromatic N) is 1. The summed E-state index contributed by atoms with van der Waals surface area (Å²) >= 11 is 6.19.